The molecule has 2 aromatic rings. The van der Waals surface area contributed by atoms with Crippen LogP contribution in [0.4, 0.5) is 0 Å². The number of aliphatic imine (C=N–C) groups is 1. The molecule has 0 radical (unpaired) electrons. The van der Waals surface area contributed by atoms with E-state index in [0.717, 1.165) is 32.5 Å². The highest BCUT2D eigenvalue weighted by Gasteiger charge is 2.41. The van der Waals surface area contributed by atoms with Gasteiger partial charge in [0.25, 0.3) is 0 Å². The molecule has 0 saturated carbocycles. The molecule has 2 aromatic carbocycles. The van der Waals surface area contributed by atoms with E-state index in [1.54, 1.807) is 0 Å². The Morgan fingerprint density at radius 1 is 0.852 bits per heavy atom. The van der Waals surface area contributed by atoms with Gasteiger partial charge in [0.2, 0.25) is 0 Å². The van der Waals surface area contributed by atoms with Crippen molar-refractivity contribution in [2.45, 2.75) is 51.1 Å². The molecule has 0 aromatic heterocycles. The van der Waals surface area contributed by atoms with E-state index < -0.39 is 0 Å². The molecule has 0 spiro atoms. The number of benzene rings is 2. The molecule has 0 amide bonds. The Hall–Kier alpha value is -2.29. The van der Waals surface area contributed by atoms with Crippen LogP contribution in [0.5, 0.6) is 0 Å². The summed E-state index contributed by atoms with van der Waals surface area (Å²) in [6.07, 6.45) is 6.03. The monoisotopic (exact) mass is 361 g/mol. The van der Waals surface area contributed by atoms with Gasteiger partial charge in [-0.3, -0.25) is 4.99 Å². The van der Waals surface area contributed by atoms with Crippen LogP contribution in [0.2, 0.25) is 0 Å². The zero-order valence-corrected chi connectivity index (χ0v) is 16.4. The fourth-order valence-corrected chi connectivity index (χ4v) is 4.45. The second kappa shape index (κ2) is 8.60. The Kier molecular flexibility index (Phi) is 5.76. The third kappa shape index (κ3) is 4.18. The van der Waals surface area contributed by atoms with Crippen molar-refractivity contribution in [3.63, 3.8) is 0 Å². The third-order valence-corrected chi connectivity index (χ3v) is 5.88. The number of hydrogen-bond acceptors (Lipinski definition) is 3. The first kappa shape index (κ1) is 18.1. The van der Waals surface area contributed by atoms with E-state index in [0.29, 0.717) is 12.1 Å². The van der Waals surface area contributed by atoms with Crippen LogP contribution in [0.1, 0.15) is 37.3 Å². The quantitative estimate of drug-likeness (QED) is 0.650. The SMILES string of the molecule is CCCCCN1C2=NC[C@H](Cc3ccccc3)N2C[C@@H]1Cc1ccccc1. The Labute approximate surface area is 163 Å². The summed E-state index contributed by atoms with van der Waals surface area (Å²) in [5, 5.41) is 0. The van der Waals surface area contributed by atoms with Crippen molar-refractivity contribution < 1.29 is 0 Å². The van der Waals surface area contributed by atoms with Crippen molar-refractivity contribution in [2.24, 2.45) is 4.99 Å². The van der Waals surface area contributed by atoms with Crippen molar-refractivity contribution in [1.29, 1.82) is 0 Å². The summed E-state index contributed by atoms with van der Waals surface area (Å²) in [4.78, 5) is 10.2. The topological polar surface area (TPSA) is 18.8 Å². The number of nitrogens with zero attached hydrogens (tertiary/aromatic N) is 3. The van der Waals surface area contributed by atoms with Gasteiger partial charge in [-0.25, -0.2) is 0 Å². The van der Waals surface area contributed by atoms with Gasteiger partial charge in [0.15, 0.2) is 5.96 Å². The summed E-state index contributed by atoms with van der Waals surface area (Å²) in [5.74, 6) is 1.26. The van der Waals surface area contributed by atoms with Gasteiger partial charge in [-0.15, -0.1) is 0 Å². The van der Waals surface area contributed by atoms with Crippen molar-refractivity contribution in [2.75, 3.05) is 19.6 Å². The highest BCUT2D eigenvalue weighted by Crippen LogP contribution is 2.28. The van der Waals surface area contributed by atoms with E-state index in [1.165, 1.54) is 36.3 Å². The molecule has 1 saturated heterocycles. The average Bonchev–Trinajstić information content (AvgIpc) is 3.24. The Morgan fingerprint density at radius 3 is 2.11 bits per heavy atom. The number of unbranched alkanes of at least 4 members (excludes halogenated alkanes) is 2. The summed E-state index contributed by atoms with van der Waals surface area (Å²) in [6.45, 7) is 5.46. The molecule has 0 bridgehead atoms. The molecule has 2 aliphatic rings. The molecule has 27 heavy (non-hydrogen) atoms. The largest absolute Gasteiger partial charge is 0.338 e. The molecule has 3 nitrogen and oxygen atoms in total. The molecule has 2 atom stereocenters. The maximum atomic E-state index is 5.00. The van der Waals surface area contributed by atoms with Gasteiger partial charge >= 0.3 is 0 Å². The zero-order chi connectivity index (χ0) is 18.5. The van der Waals surface area contributed by atoms with Crippen LogP contribution in [0.15, 0.2) is 65.7 Å². The predicted octanol–water partition coefficient (Wildman–Crippen LogP) is 4.39. The van der Waals surface area contributed by atoms with Crippen LogP contribution >= 0.6 is 0 Å². The molecule has 142 valence electrons. The van der Waals surface area contributed by atoms with E-state index in [9.17, 15) is 0 Å². The van der Waals surface area contributed by atoms with Crippen LogP contribution in [0.3, 0.4) is 0 Å². The smallest absolute Gasteiger partial charge is 0.197 e. The second-order valence-electron chi connectivity index (χ2n) is 7.88. The first-order valence-electron chi connectivity index (χ1n) is 10.5. The van der Waals surface area contributed by atoms with Gasteiger partial charge in [0, 0.05) is 13.1 Å². The Morgan fingerprint density at radius 2 is 1.48 bits per heavy atom. The van der Waals surface area contributed by atoms with Gasteiger partial charge in [-0.2, -0.15) is 0 Å². The van der Waals surface area contributed by atoms with Crippen molar-refractivity contribution in [3.05, 3.63) is 71.8 Å². The van der Waals surface area contributed by atoms with Crippen LogP contribution in [-0.2, 0) is 12.8 Å². The summed E-state index contributed by atoms with van der Waals surface area (Å²) >= 11 is 0. The molecule has 0 aliphatic carbocycles. The van der Waals surface area contributed by atoms with Crippen LogP contribution in [0, 0.1) is 0 Å². The molecule has 2 heterocycles. The summed E-state index contributed by atoms with van der Waals surface area (Å²) < 4.78 is 0. The van der Waals surface area contributed by atoms with E-state index in [4.69, 9.17) is 4.99 Å². The molecular weight excluding hydrogens is 330 g/mol. The maximum absolute atomic E-state index is 5.00. The first-order chi connectivity index (χ1) is 13.3. The average molecular weight is 362 g/mol. The van der Waals surface area contributed by atoms with Gasteiger partial charge in [0.1, 0.15) is 0 Å². The summed E-state index contributed by atoms with van der Waals surface area (Å²) in [7, 11) is 0. The highest BCUT2D eigenvalue weighted by molar-refractivity contribution is 5.84. The lowest BCUT2D eigenvalue weighted by atomic mass is 10.0. The lowest BCUT2D eigenvalue weighted by molar-refractivity contribution is 0.310. The minimum absolute atomic E-state index is 0.511. The molecule has 0 N–H and O–H groups in total. The fourth-order valence-electron chi connectivity index (χ4n) is 4.45. The second-order valence-corrected chi connectivity index (χ2v) is 7.88. The summed E-state index contributed by atoms with van der Waals surface area (Å²) in [5.41, 5.74) is 2.85. The van der Waals surface area contributed by atoms with Crippen LogP contribution in [-0.4, -0.2) is 47.5 Å². The zero-order valence-electron chi connectivity index (χ0n) is 16.4. The number of rotatable bonds is 8. The third-order valence-electron chi connectivity index (χ3n) is 5.88. The molecule has 0 unspecified atom stereocenters. The van der Waals surface area contributed by atoms with Crippen molar-refractivity contribution in [3.8, 4) is 0 Å². The number of guanidine groups is 1. The summed E-state index contributed by atoms with van der Waals surface area (Å²) in [6, 6.07) is 22.9. The first-order valence-corrected chi connectivity index (χ1v) is 10.5. The molecule has 3 heteroatoms. The fraction of sp³-hybridized carbons (Fsp3) is 0.458. The van der Waals surface area contributed by atoms with Crippen molar-refractivity contribution >= 4 is 5.96 Å². The molecule has 4 rings (SSSR count). The molecular formula is C24H31N3. The maximum Gasteiger partial charge on any atom is 0.197 e. The number of hydrogen-bond donors (Lipinski definition) is 0. The van der Waals surface area contributed by atoms with Crippen molar-refractivity contribution in [1.82, 2.24) is 9.80 Å². The normalized spacial score (nSPS) is 21.4. The van der Waals surface area contributed by atoms with Gasteiger partial charge in [0.05, 0.1) is 18.6 Å². The minimum atomic E-state index is 0.511. The molecule has 2 aliphatic heterocycles. The van der Waals surface area contributed by atoms with E-state index in [1.807, 2.05) is 0 Å². The van der Waals surface area contributed by atoms with Crippen LogP contribution in [0.25, 0.3) is 0 Å². The predicted molar refractivity (Wildman–Crippen MR) is 113 cm³/mol. The van der Waals surface area contributed by atoms with E-state index in [-0.39, 0.29) is 0 Å². The van der Waals surface area contributed by atoms with Gasteiger partial charge in [-0.1, -0.05) is 80.4 Å². The lowest BCUT2D eigenvalue weighted by Crippen LogP contribution is -2.38. The van der Waals surface area contributed by atoms with E-state index in [2.05, 4.69) is 77.4 Å². The molecule has 1 fully saturated rings. The Balaban J connectivity index is 1.48. The van der Waals surface area contributed by atoms with Gasteiger partial charge in [-0.05, 0) is 30.4 Å². The number of fused-ring (bicyclic) bond motifs is 1. The standard InChI is InChI=1S/C24H31N3/c1-2-3-10-15-26-23(17-21-13-8-5-9-14-21)19-27-22(18-25-24(26)27)16-20-11-6-4-7-12-20/h4-9,11-14,22-23H,2-3,10,15-19H2,1H3/t22-,23-/m0/s1. The lowest BCUT2D eigenvalue weighted by Gasteiger charge is -2.25. The highest BCUT2D eigenvalue weighted by atomic mass is 15.5. The van der Waals surface area contributed by atoms with E-state index >= 15 is 0 Å². The minimum Gasteiger partial charge on any atom is -0.338 e. The van der Waals surface area contributed by atoms with Crippen LogP contribution < -0.4 is 0 Å². The van der Waals surface area contributed by atoms with Gasteiger partial charge < -0.3 is 9.80 Å². The Bertz CT molecular complexity index is 741.